The van der Waals surface area contributed by atoms with Crippen molar-refractivity contribution < 1.29 is 13.2 Å². The molecule has 3 nitrogen and oxygen atoms in total. The smallest absolute Gasteiger partial charge is 0.175 e. The van der Waals surface area contributed by atoms with Crippen molar-refractivity contribution in [1.29, 1.82) is 0 Å². The zero-order chi connectivity index (χ0) is 17.6. The van der Waals surface area contributed by atoms with Gasteiger partial charge < -0.3 is 0 Å². The van der Waals surface area contributed by atoms with Crippen molar-refractivity contribution in [3.05, 3.63) is 52.0 Å². The van der Waals surface area contributed by atoms with Crippen LogP contribution in [0.3, 0.4) is 0 Å². The quantitative estimate of drug-likeness (QED) is 0.313. The molecule has 0 radical (unpaired) electrons. The van der Waals surface area contributed by atoms with E-state index in [1.807, 2.05) is 0 Å². The summed E-state index contributed by atoms with van der Waals surface area (Å²) >= 11 is 15.7. The van der Waals surface area contributed by atoms with Gasteiger partial charge in [-0.05, 0) is 40.4 Å². The lowest BCUT2D eigenvalue weighted by molar-refractivity contribution is 0.102. The Bertz CT molecular complexity index is 1110. The molecule has 0 N–H and O–H groups in total. The largest absolute Gasteiger partial charge is 0.293 e. The third-order valence-electron chi connectivity index (χ3n) is 3.83. The molecule has 0 aliphatic rings. The number of carbonyl (C=O) groups excluding carboxylic acids is 1. The van der Waals surface area contributed by atoms with Crippen LogP contribution in [0.2, 0.25) is 10.0 Å². The van der Waals surface area contributed by atoms with E-state index in [0.29, 0.717) is 31.8 Å². The Balaban J connectivity index is 2.54. The van der Waals surface area contributed by atoms with Crippen LogP contribution in [0.5, 0.6) is 0 Å². The predicted octanol–water partition coefficient (Wildman–Crippen LogP) is 5.28. The van der Waals surface area contributed by atoms with Crippen LogP contribution in [-0.2, 0) is 9.84 Å². The average Bonchev–Trinajstić information content (AvgIpc) is 2.54. The van der Waals surface area contributed by atoms with Gasteiger partial charge in [0.25, 0.3) is 0 Å². The van der Waals surface area contributed by atoms with Crippen LogP contribution < -0.4 is 0 Å². The Hall–Kier alpha value is -1.14. The Morgan fingerprint density at radius 3 is 2.38 bits per heavy atom. The molecule has 0 unspecified atom stereocenters. The number of fused-ring (bicyclic) bond motifs is 3. The highest BCUT2D eigenvalue weighted by atomic mass is 79.9. The molecule has 0 fully saturated rings. The second kappa shape index (κ2) is 6.30. The number of halogens is 3. The van der Waals surface area contributed by atoms with E-state index in [2.05, 4.69) is 15.9 Å². The molecule has 0 bridgehead atoms. The zero-order valence-electron chi connectivity index (χ0n) is 12.4. The number of hydrogen-bond donors (Lipinski definition) is 0. The minimum Gasteiger partial charge on any atom is -0.293 e. The summed E-state index contributed by atoms with van der Waals surface area (Å²) in [6.07, 6.45) is 1.14. The minimum absolute atomic E-state index is 0.120. The van der Waals surface area contributed by atoms with Crippen LogP contribution >= 0.6 is 39.1 Å². The van der Waals surface area contributed by atoms with E-state index >= 15 is 0 Å². The molecule has 3 aromatic carbocycles. The van der Waals surface area contributed by atoms with Crippen LogP contribution in [0.1, 0.15) is 10.4 Å². The van der Waals surface area contributed by atoms with E-state index in [-0.39, 0.29) is 16.0 Å². The molecule has 0 atom stereocenters. The van der Waals surface area contributed by atoms with E-state index in [9.17, 15) is 13.2 Å². The topological polar surface area (TPSA) is 51.2 Å². The number of alkyl halides is 1. The number of benzene rings is 3. The predicted molar refractivity (Wildman–Crippen MR) is 103 cm³/mol. The van der Waals surface area contributed by atoms with Crippen molar-refractivity contribution in [3.8, 4) is 0 Å². The molecule has 24 heavy (non-hydrogen) atoms. The Labute approximate surface area is 157 Å². The van der Waals surface area contributed by atoms with E-state index in [0.717, 1.165) is 11.6 Å². The normalized spacial score (nSPS) is 12.0. The van der Waals surface area contributed by atoms with Gasteiger partial charge in [-0.2, -0.15) is 0 Å². The summed E-state index contributed by atoms with van der Waals surface area (Å²) < 4.78 is 23.6. The van der Waals surface area contributed by atoms with Gasteiger partial charge >= 0.3 is 0 Å². The molecule has 0 spiro atoms. The molecule has 7 heteroatoms. The van der Waals surface area contributed by atoms with E-state index in [1.54, 1.807) is 30.3 Å². The molecule has 0 saturated carbocycles. The maximum Gasteiger partial charge on any atom is 0.175 e. The molecule has 3 rings (SSSR count). The second-order valence-electron chi connectivity index (χ2n) is 5.42. The average molecular weight is 446 g/mol. The Morgan fingerprint density at radius 1 is 1.08 bits per heavy atom. The number of rotatable bonds is 3. The highest BCUT2D eigenvalue weighted by molar-refractivity contribution is 9.09. The van der Waals surface area contributed by atoms with Gasteiger partial charge in [0.1, 0.15) is 0 Å². The van der Waals surface area contributed by atoms with Crippen LogP contribution in [0.15, 0.2) is 41.3 Å². The molecule has 3 aromatic rings. The fourth-order valence-corrected chi connectivity index (χ4v) is 4.08. The minimum atomic E-state index is -3.36. The monoisotopic (exact) mass is 444 g/mol. The van der Waals surface area contributed by atoms with Gasteiger partial charge in [-0.25, -0.2) is 8.42 Å². The first-order valence-corrected chi connectivity index (χ1v) is 10.6. The molecule has 0 saturated heterocycles. The third kappa shape index (κ3) is 2.94. The number of ketones is 1. The Morgan fingerprint density at radius 2 is 1.75 bits per heavy atom. The summed E-state index contributed by atoms with van der Waals surface area (Å²) in [6.45, 7) is 0. The highest BCUT2D eigenvalue weighted by Crippen LogP contribution is 2.38. The molecule has 124 valence electrons. The summed E-state index contributed by atoms with van der Waals surface area (Å²) in [5.74, 6) is -0.120. The summed E-state index contributed by atoms with van der Waals surface area (Å²) in [5, 5.41) is 3.57. The van der Waals surface area contributed by atoms with Gasteiger partial charge in [0.2, 0.25) is 0 Å². The second-order valence-corrected chi connectivity index (χ2v) is 8.78. The van der Waals surface area contributed by atoms with Crippen molar-refractivity contribution in [3.63, 3.8) is 0 Å². The van der Waals surface area contributed by atoms with E-state index in [4.69, 9.17) is 23.2 Å². The van der Waals surface area contributed by atoms with Gasteiger partial charge in [-0.3, -0.25) is 4.79 Å². The highest BCUT2D eigenvalue weighted by Gasteiger charge is 2.17. The number of carbonyl (C=O) groups is 1. The van der Waals surface area contributed by atoms with Crippen LogP contribution in [0.25, 0.3) is 21.5 Å². The lowest BCUT2D eigenvalue weighted by atomic mass is 9.95. The van der Waals surface area contributed by atoms with Crippen molar-refractivity contribution in [2.24, 2.45) is 0 Å². The first-order chi connectivity index (χ1) is 11.2. The summed E-state index contributed by atoms with van der Waals surface area (Å²) in [6, 6.07) is 9.86. The molecule has 0 aliphatic heterocycles. The first-order valence-electron chi connectivity index (χ1n) is 6.87. The molecular weight excluding hydrogens is 435 g/mol. The lowest BCUT2D eigenvalue weighted by Gasteiger charge is -2.12. The van der Waals surface area contributed by atoms with Gasteiger partial charge in [0, 0.05) is 17.2 Å². The lowest BCUT2D eigenvalue weighted by Crippen LogP contribution is -2.02. The van der Waals surface area contributed by atoms with Crippen LogP contribution in [0.4, 0.5) is 0 Å². The first kappa shape index (κ1) is 17.7. The summed E-state index contributed by atoms with van der Waals surface area (Å²) in [4.78, 5) is 12.5. The van der Waals surface area contributed by atoms with E-state index in [1.165, 1.54) is 6.07 Å². The SMILES string of the molecule is CS(=O)(=O)c1ccc2c(c1)cc(C(=O)CBr)c1ccc(Cl)c(Cl)c12. The van der Waals surface area contributed by atoms with E-state index < -0.39 is 9.84 Å². The van der Waals surface area contributed by atoms with Gasteiger partial charge in [0.15, 0.2) is 15.6 Å². The number of sulfone groups is 1. The third-order valence-corrected chi connectivity index (χ3v) is 6.25. The van der Waals surface area contributed by atoms with Crippen molar-refractivity contribution in [1.82, 2.24) is 0 Å². The molecule has 0 aliphatic carbocycles. The Kier molecular flexibility index (Phi) is 4.64. The van der Waals surface area contributed by atoms with Gasteiger partial charge in [-0.1, -0.05) is 51.3 Å². The maximum atomic E-state index is 12.3. The molecular formula is C17H11BrCl2O3S. The summed E-state index contributed by atoms with van der Waals surface area (Å²) in [5.41, 5.74) is 0.471. The number of hydrogen-bond acceptors (Lipinski definition) is 3. The standard InChI is InChI=1S/C17H11BrCl2O3S/c1-24(22,23)10-2-3-11-9(6-10)7-13(15(21)8-18)12-4-5-14(19)17(20)16(11)12/h2-7H,8H2,1H3. The molecule has 0 aromatic heterocycles. The maximum absolute atomic E-state index is 12.3. The number of Topliss-reactive ketones (excluding diaryl/α,β-unsaturated/α-hetero) is 1. The fraction of sp³-hybridized carbons (Fsp3) is 0.118. The molecule has 0 heterocycles. The van der Waals surface area contributed by atoms with Gasteiger partial charge in [0.05, 0.1) is 20.3 Å². The van der Waals surface area contributed by atoms with Crippen LogP contribution in [-0.4, -0.2) is 25.8 Å². The fourth-order valence-electron chi connectivity index (χ4n) is 2.69. The van der Waals surface area contributed by atoms with Crippen LogP contribution in [0, 0.1) is 0 Å². The van der Waals surface area contributed by atoms with Crippen molar-refractivity contribution in [2.45, 2.75) is 4.90 Å². The zero-order valence-corrected chi connectivity index (χ0v) is 16.4. The molecule has 0 amide bonds. The van der Waals surface area contributed by atoms with Crippen molar-refractivity contribution in [2.75, 3.05) is 11.6 Å². The van der Waals surface area contributed by atoms with Gasteiger partial charge in [-0.15, -0.1) is 0 Å². The summed E-state index contributed by atoms with van der Waals surface area (Å²) in [7, 11) is -3.36. The van der Waals surface area contributed by atoms with Crippen molar-refractivity contribution >= 4 is 76.3 Å².